The lowest BCUT2D eigenvalue weighted by Crippen LogP contribution is -2.19. The Bertz CT molecular complexity index is 581. The van der Waals surface area contributed by atoms with Gasteiger partial charge in [-0.25, -0.2) is 0 Å². The van der Waals surface area contributed by atoms with Gasteiger partial charge in [-0.2, -0.15) is 0 Å². The molecule has 2 aromatic rings. The molecule has 1 aromatic heterocycles. The van der Waals surface area contributed by atoms with Gasteiger partial charge in [-0.05, 0) is 57.4 Å². The average Bonchev–Trinajstić information content (AvgIpc) is 2.70. The van der Waals surface area contributed by atoms with Crippen molar-refractivity contribution in [3.05, 3.63) is 58.4 Å². The van der Waals surface area contributed by atoms with Crippen molar-refractivity contribution in [2.75, 3.05) is 0 Å². The largest absolute Gasteiger partial charge is 0.349 e. The van der Waals surface area contributed by atoms with Gasteiger partial charge in [0.1, 0.15) is 0 Å². The second-order valence-electron chi connectivity index (χ2n) is 5.60. The molecule has 0 aliphatic carbocycles. The molecule has 1 heterocycles. The third kappa shape index (κ3) is 2.96. The number of hydrogen-bond acceptors (Lipinski definition) is 1. The molecule has 0 aliphatic rings. The zero-order chi connectivity index (χ0) is 14.7. The lowest BCUT2D eigenvalue weighted by atomic mass is 10.0. The summed E-state index contributed by atoms with van der Waals surface area (Å²) in [6.45, 7) is 13.0. The highest BCUT2D eigenvalue weighted by Gasteiger charge is 2.11. The molecule has 0 saturated carbocycles. The summed E-state index contributed by atoms with van der Waals surface area (Å²) >= 11 is 0. The van der Waals surface area contributed by atoms with E-state index in [9.17, 15) is 0 Å². The standard InChI is InChI=1S/C18H26N2/c1-6-20-14(3)11-17(16(20)5)12-19-15(4)18-10-8-7-9-13(18)2/h7-11,15,19H,6,12H2,1-5H3. The molecule has 1 unspecified atom stereocenters. The normalized spacial score (nSPS) is 12.7. The van der Waals surface area contributed by atoms with Crippen LogP contribution in [0.25, 0.3) is 0 Å². The second kappa shape index (κ2) is 6.27. The van der Waals surface area contributed by atoms with Crippen LogP contribution in [-0.2, 0) is 13.1 Å². The maximum Gasteiger partial charge on any atom is 0.0297 e. The Morgan fingerprint density at radius 1 is 1.15 bits per heavy atom. The zero-order valence-corrected chi connectivity index (χ0v) is 13.3. The van der Waals surface area contributed by atoms with Crippen LogP contribution in [0.15, 0.2) is 30.3 Å². The second-order valence-corrected chi connectivity index (χ2v) is 5.60. The molecule has 1 atom stereocenters. The van der Waals surface area contributed by atoms with Gasteiger partial charge in [0.25, 0.3) is 0 Å². The van der Waals surface area contributed by atoms with Gasteiger partial charge in [-0.1, -0.05) is 24.3 Å². The van der Waals surface area contributed by atoms with Gasteiger partial charge in [-0.3, -0.25) is 0 Å². The molecule has 0 spiro atoms. The van der Waals surface area contributed by atoms with E-state index in [2.05, 4.69) is 74.8 Å². The molecule has 0 bridgehead atoms. The molecule has 1 aromatic carbocycles. The summed E-state index contributed by atoms with van der Waals surface area (Å²) < 4.78 is 2.37. The SMILES string of the molecule is CCn1c(C)cc(CNC(C)c2ccccc2C)c1C. The zero-order valence-electron chi connectivity index (χ0n) is 13.3. The van der Waals surface area contributed by atoms with Crippen LogP contribution in [0.4, 0.5) is 0 Å². The van der Waals surface area contributed by atoms with E-state index in [0.29, 0.717) is 6.04 Å². The monoisotopic (exact) mass is 270 g/mol. The van der Waals surface area contributed by atoms with Crippen molar-refractivity contribution in [3.63, 3.8) is 0 Å². The molecule has 20 heavy (non-hydrogen) atoms. The summed E-state index contributed by atoms with van der Waals surface area (Å²) in [5.74, 6) is 0. The summed E-state index contributed by atoms with van der Waals surface area (Å²) in [6, 6.07) is 11.3. The molecule has 0 saturated heterocycles. The van der Waals surface area contributed by atoms with Crippen molar-refractivity contribution in [2.24, 2.45) is 0 Å². The van der Waals surface area contributed by atoms with E-state index in [0.717, 1.165) is 13.1 Å². The van der Waals surface area contributed by atoms with Crippen LogP contribution >= 0.6 is 0 Å². The van der Waals surface area contributed by atoms with E-state index in [1.54, 1.807) is 0 Å². The molecular formula is C18H26N2. The predicted molar refractivity (Wildman–Crippen MR) is 86.0 cm³/mol. The van der Waals surface area contributed by atoms with Crippen molar-refractivity contribution < 1.29 is 0 Å². The van der Waals surface area contributed by atoms with Crippen LogP contribution < -0.4 is 5.32 Å². The molecule has 1 N–H and O–H groups in total. The van der Waals surface area contributed by atoms with Gasteiger partial charge in [0.2, 0.25) is 0 Å². The summed E-state index contributed by atoms with van der Waals surface area (Å²) in [5.41, 5.74) is 6.88. The fourth-order valence-electron chi connectivity index (χ4n) is 2.98. The number of nitrogens with zero attached hydrogens (tertiary/aromatic N) is 1. The Morgan fingerprint density at radius 2 is 1.85 bits per heavy atom. The Morgan fingerprint density at radius 3 is 2.45 bits per heavy atom. The van der Waals surface area contributed by atoms with Crippen molar-refractivity contribution in [1.29, 1.82) is 0 Å². The summed E-state index contributed by atoms with van der Waals surface area (Å²) in [6.07, 6.45) is 0. The highest BCUT2D eigenvalue weighted by atomic mass is 15.0. The predicted octanol–water partition coefficient (Wildman–Crippen LogP) is 4.28. The van der Waals surface area contributed by atoms with E-state index < -0.39 is 0 Å². The van der Waals surface area contributed by atoms with Crippen molar-refractivity contribution >= 4 is 0 Å². The number of hydrogen-bond donors (Lipinski definition) is 1. The topological polar surface area (TPSA) is 17.0 Å². The van der Waals surface area contributed by atoms with Crippen molar-refractivity contribution in [2.45, 2.75) is 53.8 Å². The minimum absolute atomic E-state index is 0.376. The van der Waals surface area contributed by atoms with Crippen LogP contribution in [0.1, 0.15) is 48.0 Å². The highest BCUT2D eigenvalue weighted by molar-refractivity contribution is 5.29. The highest BCUT2D eigenvalue weighted by Crippen LogP contribution is 2.19. The maximum atomic E-state index is 3.65. The first-order chi connectivity index (χ1) is 9.54. The van der Waals surface area contributed by atoms with Crippen LogP contribution in [0.5, 0.6) is 0 Å². The van der Waals surface area contributed by atoms with Gasteiger partial charge in [0, 0.05) is 30.5 Å². The van der Waals surface area contributed by atoms with E-state index in [1.807, 2.05) is 0 Å². The lowest BCUT2D eigenvalue weighted by molar-refractivity contribution is 0.569. The molecule has 0 aliphatic heterocycles. The summed E-state index contributed by atoms with van der Waals surface area (Å²) in [7, 11) is 0. The fourth-order valence-corrected chi connectivity index (χ4v) is 2.98. The fraction of sp³-hybridized carbons (Fsp3) is 0.444. The Kier molecular flexibility index (Phi) is 4.66. The molecular weight excluding hydrogens is 244 g/mol. The number of benzene rings is 1. The van der Waals surface area contributed by atoms with Crippen LogP contribution in [0.2, 0.25) is 0 Å². The average molecular weight is 270 g/mol. The smallest absolute Gasteiger partial charge is 0.0297 e. The first-order valence-electron chi connectivity index (χ1n) is 7.49. The Labute approximate surface area is 122 Å². The number of nitrogens with one attached hydrogen (secondary N) is 1. The maximum absolute atomic E-state index is 3.65. The van der Waals surface area contributed by atoms with Crippen molar-refractivity contribution in [3.8, 4) is 0 Å². The van der Waals surface area contributed by atoms with Gasteiger partial charge in [0.05, 0.1) is 0 Å². The van der Waals surface area contributed by atoms with E-state index >= 15 is 0 Å². The lowest BCUT2D eigenvalue weighted by Gasteiger charge is -2.16. The molecule has 108 valence electrons. The minimum Gasteiger partial charge on any atom is -0.349 e. The molecule has 2 nitrogen and oxygen atoms in total. The van der Waals surface area contributed by atoms with Gasteiger partial charge >= 0.3 is 0 Å². The van der Waals surface area contributed by atoms with E-state index in [4.69, 9.17) is 0 Å². The van der Waals surface area contributed by atoms with Crippen molar-refractivity contribution in [1.82, 2.24) is 9.88 Å². The van der Waals surface area contributed by atoms with Crippen LogP contribution in [0, 0.1) is 20.8 Å². The third-order valence-electron chi connectivity index (χ3n) is 4.25. The molecule has 0 radical (unpaired) electrons. The summed E-state index contributed by atoms with van der Waals surface area (Å²) in [5, 5.41) is 3.65. The minimum atomic E-state index is 0.376. The molecule has 2 rings (SSSR count). The summed E-state index contributed by atoms with van der Waals surface area (Å²) in [4.78, 5) is 0. The number of aromatic nitrogens is 1. The van der Waals surface area contributed by atoms with Crippen LogP contribution in [-0.4, -0.2) is 4.57 Å². The quantitative estimate of drug-likeness (QED) is 0.858. The Balaban J connectivity index is 2.08. The van der Waals surface area contributed by atoms with Gasteiger partial charge in [0.15, 0.2) is 0 Å². The van der Waals surface area contributed by atoms with E-state index in [1.165, 1.54) is 28.1 Å². The number of rotatable bonds is 5. The number of aryl methyl sites for hydroxylation is 2. The van der Waals surface area contributed by atoms with Gasteiger partial charge < -0.3 is 9.88 Å². The first kappa shape index (κ1) is 14.9. The molecule has 2 heteroatoms. The molecule has 0 amide bonds. The van der Waals surface area contributed by atoms with Gasteiger partial charge in [-0.15, -0.1) is 0 Å². The third-order valence-corrected chi connectivity index (χ3v) is 4.25. The first-order valence-corrected chi connectivity index (χ1v) is 7.49. The Hall–Kier alpha value is -1.54. The molecule has 0 fully saturated rings. The van der Waals surface area contributed by atoms with Crippen LogP contribution in [0.3, 0.4) is 0 Å². The van der Waals surface area contributed by atoms with E-state index in [-0.39, 0.29) is 0 Å².